The van der Waals surface area contributed by atoms with Crippen LogP contribution in [-0.4, -0.2) is 32.6 Å². The van der Waals surface area contributed by atoms with Crippen molar-refractivity contribution < 1.29 is 36.8 Å². The van der Waals surface area contributed by atoms with Gasteiger partial charge in [-0.15, -0.1) is 0 Å². The van der Waals surface area contributed by atoms with Crippen LogP contribution in [0.1, 0.15) is 29.8 Å². The first kappa shape index (κ1) is 21.3. The molecule has 3 saturated heterocycles. The predicted molar refractivity (Wildman–Crippen MR) is 103 cm³/mol. The van der Waals surface area contributed by atoms with Crippen molar-refractivity contribution >= 4 is 29.8 Å². The molecule has 3 aliphatic heterocycles. The Morgan fingerprint density at radius 2 is 1.45 bits per heavy atom. The smallest absolute Gasteiger partial charge is 0.416 e. The van der Waals surface area contributed by atoms with Crippen LogP contribution >= 0.6 is 7.14 Å². The van der Waals surface area contributed by atoms with Crippen LogP contribution in [0.5, 0.6) is 0 Å². The number of hydrogen-bond donors (Lipinski definition) is 0. The maximum absolute atomic E-state index is 14.1. The van der Waals surface area contributed by atoms with Crippen molar-refractivity contribution in [1.29, 1.82) is 0 Å². The largest absolute Gasteiger partial charge is 0.504 e. The summed E-state index contributed by atoms with van der Waals surface area (Å²) in [6.07, 6.45) is -4.61. The Labute approximate surface area is 174 Å². The standard InChI is InChI=1S/C21H16F3N2O4P/c1-19-17(28)15(16(27)12-8-10-13(11-9-12)21(22,23)24)18(29)20(2,26(19)25)31(19,30)14-6-4-3-5-7-14/h3-11,15H,1-2H3. The van der Waals surface area contributed by atoms with E-state index in [-0.39, 0.29) is 10.9 Å². The van der Waals surface area contributed by atoms with Gasteiger partial charge in [0.1, 0.15) is 0 Å². The second-order valence-corrected chi connectivity index (χ2v) is 11.4. The maximum atomic E-state index is 14.1. The van der Waals surface area contributed by atoms with E-state index in [4.69, 9.17) is 0 Å². The Bertz CT molecular complexity index is 1170. The summed E-state index contributed by atoms with van der Waals surface area (Å²) in [5.41, 5.74) is 9.32. The molecular formula is C21H16F3N2O4P. The number of carbonyl (C=O) groups excluding carboxylic acids is 3. The number of alkyl halides is 3. The molecule has 2 aromatic rings. The van der Waals surface area contributed by atoms with E-state index in [1.165, 1.54) is 26.0 Å². The summed E-state index contributed by atoms with van der Waals surface area (Å²) in [4.78, 5) is 39.5. The van der Waals surface area contributed by atoms with Crippen LogP contribution in [-0.2, 0) is 20.3 Å². The third kappa shape index (κ3) is 2.35. The van der Waals surface area contributed by atoms with Crippen LogP contribution in [0, 0.1) is 5.92 Å². The second-order valence-electron chi connectivity index (χ2n) is 7.90. The zero-order chi connectivity index (χ0) is 23.0. The van der Waals surface area contributed by atoms with Crippen molar-refractivity contribution in [2.24, 2.45) is 5.92 Å². The number of nitrogens with zero attached hydrogens (tertiary/aromatic N) is 2. The highest BCUT2D eigenvalue weighted by atomic mass is 31.2. The van der Waals surface area contributed by atoms with Crippen LogP contribution in [0.2, 0.25) is 0 Å². The van der Waals surface area contributed by atoms with Gasteiger partial charge in [0.2, 0.25) is 11.6 Å². The van der Waals surface area contributed by atoms with Crippen molar-refractivity contribution in [1.82, 2.24) is 0 Å². The number of benzene rings is 2. The minimum atomic E-state index is -4.61. The molecule has 0 N–H and O–H groups in total. The van der Waals surface area contributed by atoms with Gasteiger partial charge >= 0.3 is 6.18 Å². The van der Waals surface area contributed by atoms with Gasteiger partial charge in [0, 0.05) is 24.7 Å². The zero-order valence-corrected chi connectivity index (χ0v) is 17.3. The van der Waals surface area contributed by atoms with Crippen LogP contribution in [0.15, 0.2) is 54.6 Å². The molecule has 5 rings (SSSR count). The first-order valence-electron chi connectivity index (χ1n) is 9.28. The lowest BCUT2D eigenvalue weighted by Crippen LogP contribution is -2.79. The minimum absolute atomic E-state index is 0.215. The third-order valence-electron chi connectivity index (χ3n) is 6.39. The van der Waals surface area contributed by atoms with Gasteiger partial charge in [-0.3, -0.25) is 19.1 Å². The number of ketones is 3. The first-order chi connectivity index (χ1) is 14.3. The molecule has 2 unspecified atom stereocenters. The van der Waals surface area contributed by atoms with Crippen LogP contribution in [0.25, 0.3) is 5.53 Å². The Kier molecular flexibility index (Phi) is 4.33. The number of halogens is 3. The molecule has 31 heavy (non-hydrogen) atoms. The molecule has 2 aromatic carbocycles. The Morgan fingerprint density at radius 3 is 1.90 bits per heavy atom. The molecule has 0 aliphatic carbocycles. The molecule has 3 aliphatic rings. The molecule has 3 heterocycles. The molecule has 160 valence electrons. The fourth-order valence-corrected chi connectivity index (χ4v) is 8.74. The zero-order valence-electron chi connectivity index (χ0n) is 16.4. The number of hydrogen-bond acceptors (Lipinski definition) is 4. The second kappa shape index (κ2) is 6.29. The maximum Gasteiger partial charge on any atom is 0.416 e. The molecular weight excluding hydrogens is 432 g/mol. The number of carbonyl (C=O) groups is 3. The number of Topliss-reactive ketones (excluding diaryl/α,β-unsaturated/α-hetero) is 3. The van der Waals surface area contributed by atoms with Gasteiger partial charge in [-0.2, -0.15) is 13.2 Å². The molecule has 0 saturated carbocycles. The highest BCUT2D eigenvalue weighted by molar-refractivity contribution is 7.77. The highest BCUT2D eigenvalue weighted by Gasteiger charge is 2.89. The lowest BCUT2D eigenvalue weighted by molar-refractivity contribution is -0.651. The van der Waals surface area contributed by atoms with E-state index >= 15 is 0 Å². The Balaban J connectivity index is 1.79. The Hall–Kier alpha value is -2.93. The number of fused-ring (bicyclic) bond motifs is 2. The topological polar surface area (TPSA) is 93.6 Å². The van der Waals surface area contributed by atoms with Crippen LogP contribution in [0.4, 0.5) is 13.2 Å². The average molecular weight is 448 g/mol. The van der Waals surface area contributed by atoms with Crippen molar-refractivity contribution in [3.05, 3.63) is 71.3 Å². The molecule has 0 radical (unpaired) electrons. The van der Waals surface area contributed by atoms with E-state index in [1.807, 2.05) is 0 Å². The molecule has 2 atom stereocenters. The van der Waals surface area contributed by atoms with Gasteiger partial charge in [-0.25, -0.2) is 0 Å². The lowest BCUT2D eigenvalue weighted by Gasteiger charge is -2.59. The summed E-state index contributed by atoms with van der Waals surface area (Å²) in [6.45, 7) is 2.43. The fraction of sp³-hybridized carbons (Fsp3) is 0.286. The van der Waals surface area contributed by atoms with Gasteiger partial charge in [0.25, 0.3) is 17.7 Å². The van der Waals surface area contributed by atoms with Gasteiger partial charge in [-0.05, 0) is 12.1 Å². The van der Waals surface area contributed by atoms with Gasteiger partial charge in [-0.1, -0.05) is 42.5 Å². The number of rotatable bonds is 3. The monoisotopic (exact) mass is 448 g/mol. The van der Waals surface area contributed by atoms with E-state index < -0.39 is 52.7 Å². The number of piperidine rings is 1. The molecule has 10 heteroatoms. The van der Waals surface area contributed by atoms with E-state index in [0.717, 1.165) is 12.1 Å². The van der Waals surface area contributed by atoms with Crippen LogP contribution < -0.4 is 5.30 Å². The Morgan fingerprint density at radius 1 is 0.968 bits per heavy atom. The first-order valence-corrected chi connectivity index (χ1v) is 11.0. The van der Waals surface area contributed by atoms with Gasteiger partial charge < -0.3 is 10.1 Å². The van der Waals surface area contributed by atoms with Crippen molar-refractivity contribution in [3.63, 3.8) is 0 Å². The van der Waals surface area contributed by atoms with Crippen molar-refractivity contribution in [2.45, 2.75) is 30.6 Å². The quantitative estimate of drug-likeness (QED) is 0.309. The minimum Gasteiger partial charge on any atom is -0.504 e. The summed E-state index contributed by atoms with van der Waals surface area (Å²) in [6, 6.07) is 11.0. The SMILES string of the molecule is CC12C(=O)C(C(=O)c3ccc(C(F)(F)F)cc3)C(=O)C(C)([N+]1=[N-])P2(=O)c1ccccc1. The molecule has 3 fully saturated rings. The van der Waals surface area contributed by atoms with Crippen LogP contribution in [0.3, 0.4) is 0 Å². The van der Waals surface area contributed by atoms with Crippen molar-refractivity contribution in [2.75, 3.05) is 0 Å². The van der Waals surface area contributed by atoms with E-state index in [2.05, 4.69) is 0 Å². The van der Waals surface area contributed by atoms with E-state index in [1.54, 1.807) is 18.2 Å². The third-order valence-corrected chi connectivity index (χ3v) is 10.7. The summed E-state index contributed by atoms with van der Waals surface area (Å²) in [5, 5.41) is -3.81. The fourth-order valence-electron chi connectivity index (χ4n) is 4.62. The lowest BCUT2D eigenvalue weighted by atomic mass is 9.79. The van der Waals surface area contributed by atoms with Gasteiger partial charge in [0.05, 0.1) is 5.56 Å². The normalized spacial score (nSPS) is 32.5. The molecule has 0 aromatic heterocycles. The predicted octanol–water partition coefficient (Wildman–Crippen LogP) is 3.82. The molecule has 2 bridgehead atoms. The summed E-state index contributed by atoms with van der Waals surface area (Å²) in [7, 11) is -3.87. The molecule has 6 nitrogen and oxygen atoms in total. The van der Waals surface area contributed by atoms with Gasteiger partial charge in [0.15, 0.2) is 11.7 Å². The summed E-state index contributed by atoms with van der Waals surface area (Å²) < 4.78 is 52.9. The average Bonchev–Trinajstić information content (AvgIpc) is 2.75. The van der Waals surface area contributed by atoms with E-state index in [0.29, 0.717) is 16.8 Å². The molecule has 0 amide bonds. The van der Waals surface area contributed by atoms with E-state index in [9.17, 15) is 37.7 Å². The highest BCUT2D eigenvalue weighted by Crippen LogP contribution is 2.79. The van der Waals surface area contributed by atoms with Crippen molar-refractivity contribution in [3.8, 4) is 0 Å². The summed E-state index contributed by atoms with van der Waals surface area (Å²) in [5.74, 6) is -4.95. The molecule has 0 spiro atoms. The summed E-state index contributed by atoms with van der Waals surface area (Å²) >= 11 is 0.